The predicted octanol–water partition coefficient (Wildman–Crippen LogP) is 3.88. The maximum absolute atomic E-state index is 12.1. The molecule has 0 fully saturated rings. The van der Waals surface area contributed by atoms with Crippen molar-refractivity contribution < 1.29 is 14.3 Å². The monoisotopic (exact) mass is 377 g/mol. The molecule has 1 amide bonds. The largest absolute Gasteiger partial charge is 0.465 e. The average Bonchev–Trinajstić information content (AvgIpc) is 3.15. The van der Waals surface area contributed by atoms with Crippen molar-refractivity contribution in [2.75, 3.05) is 12.4 Å². The Morgan fingerprint density at radius 1 is 1.36 bits per heavy atom. The summed E-state index contributed by atoms with van der Waals surface area (Å²) in [7, 11) is 1.32. The SMILES string of the molecule is COC(=O)c1sc2cc(NC(=O)CCn3nccc3C)ccc2c1Cl. The lowest BCUT2D eigenvalue weighted by atomic mass is 10.2. The molecule has 8 heteroatoms. The molecule has 6 nitrogen and oxygen atoms in total. The molecule has 130 valence electrons. The van der Waals surface area contributed by atoms with Crippen molar-refractivity contribution in [1.29, 1.82) is 0 Å². The number of rotatable bonds is 5. The minimum Gasteiger partial charge on any atom is -0.465 e. The number of methoxy groups -OCH3 is 1. The van der Waals surface area contributed by atoms with Crippen LogP contribution >= 0.6 is 22.9 Å². The minimum atomic E-state index is -0.466. The zero-order valence-electron chi connectivity index (χ0n) is 13.7. The quantitative estimate of drug-likeness (QED) is 0.685. The van der Waals surface area contributed by atoms with E-state index in [1.807, 2.05) is 13.0 Å². The number of nitrogens with one attached hydrogen (secondary N) is 1. The van der Waals surface area contributed by atoms with Gasteiger partial charge in [-0.1, -0.05) is 11.6 Å². The van der Waals surface area contributed by atoms with Gasteiger partial charge in [-0.3, -0.25) is 9.48 Å². The van der Waals surface area contributed by atoms with Crippen LogP contribution in [0.1, 0.15) is 21.8 Å². The molecule has 0 saturated heterocycles. The Morgan fingerprint density at radius 2 is 2.16 bits per heavy atom. The Kier molecular flexibility index (Phi) is 5.06. The molecular formula is C17H16ClN3O3S. The van der Waals surface area contributed by atoms with Crippen molar-refractivity contribution in [2.45, 2.75) is 19.9 Å². The van der Waals surface area contributed by atoms with Crippen molar-refractivity contribution >= 4 is 50.6 Å². The highest BCUT2D eigenvalue weighted by Crippen LogP contribution is 2.37. The van der Waals surface area contributed by atoms with E-state index in [2.05, 4.69) is 10.4 Å². The number of nitrogens with zero attached hydrogens (tertiary/aromatic N) is 2. The first-order valence-corrected chi connectivity index (χ1v) is 8.77. The summed E-state index contributed by atoms with van der Waals surface area (Å²) in [6, 6.07) is 7.24. The third kappa shape index (κ3) is 3.67. The number of aromatic nitrogens is 2. The number of halogens is 1. The summed E-state index contributed by atoms with van der Waals surface area (Å²) in [5, 5.41) is 8.14. The molecule has 0 spiro atoms. The number of fused-ring (bicyclic) bond motifs is 1. The lowest BCUT2D eigenvalue weighted by Gasteiger charge is -2.07. The van der Waals surface area contributed by atoms with Crippen molar-refractivity contribution in [2.24, 2.45) is 0 Å². The lowest BCUT2D eigenvalue weighted by molar-refractivity contribution is -0.116. The van der Waals surface area contributed by atoms with Crippen LogP contribution in [0, 0.1) is 6.92 Å². The predicted molar refractivity (Wildman–Crippen MR) is 98.4 cm³/mol. The van der Waals surface area contributed by atoms with Gasteiger partial charge in [-0.2, -0.15) is 5.10 Å². The Morgan fingerprint density at radius 3 is 2.84 bits per heavy atom. The molecule has 0 aliphatic heterocycles. The number of hydrogen-bond donors (Lipinski definition) is 1. The molecule has 0 saturated carbocycles. The number of carbonyl (C=O) groups excluding carboxylic acids is 2. The first-order chi connectivity index (χ1) is 12.0. The molecule has 0 aliphatic carbocycles. The highest BCUT2D eigenvalue weighted by Gasteiger charge is 2.18. The van der Waals surface area contributed by atoms with E-state index in [1.54, 1.807) is 29.1 Å². The highest BCUT2D eigenvalue weighted by molar-refractivity contribution is 7.21. The second-order valence-electron chi connectivity index (χ2n) is 5.44. The fourth-order valence-electron chi connectivity index (χ4n) is 2.43. The average molecular weight is 378 g/mol. The summed E-state index contributed by atoms with van der Waals surface area (Å²) >= 11 is 7.46. The Bertz CT molecular complexity index is 948. The van der Waals surface area contributed by atoms with E-state index < -0.39 is 5.97 Å². The number of benzene rings is 1. The number of anilines is 1. The number of ether oxygens (including phenoxy) is 1. The van der Waals surface area contributed by atoms with Gasteiger partial charge in [0.25, 0.3) is 0 Å². The molecule has 0 bridgehead atoms. The van der Waals surface area contributed by atoms with E-state index in [9.17, 15) is 9.59 Å². The van der Waals surface area contributed by atoms with Gasteiger partial charge in [0.05, 0.1) is 12.1 Å². The van der Waals surface area contributed by atoms with Crippen LogP contribution < -0.4 is 5.32 Å². The molecule has 2 aromatic heterocycles. The summed E-state index contributed by atoms with van der Waals surface area (Å²) in [5.41, 5.74) is 1.67. The van der Waals surface area contributed by atoms with Crippen LogP contribution in [0.3, 0.4) is 0 Å². The first-order valence-electron chi connectivity index (χ1n) is 7.58. The van der Waals surface area contributed by atoms with Gasteiger partial charge in [0.2, 0.25) is 5.91 Å². The van der Waals surface area contributed by atoms with Crippen LogP contribution in [0.5, 0.6) is 0 Å². The van der Waals surface area contributed by atoms with Gasteiger partial charge in [-0.25, -0.2) is 4.79 Å². The van der Waals surface area contributed by atoms with Crippen LogP contribution in [0.2, 0.25) is 5.02 Å². The van der Waals surface area contributed by atoms with Gasteiger partial charge in [0.15, 0.2) is 0 Å². The second-order valence-corrected chi connectivity index (χ2v) is 6.87. The maximum Gasteiger partial charge on any atom is 0.349 e. The minimum absolute atomic E-state index is 0.106. The van der Waals surface area contributed by atoms with E-state index in [4.69, 9.17) is 16.3 Å². The number of thiophene rings is 1. The summed E-state index contributed by atoms with van der Waals surface area (Å²) < 4.78 is 7.32. The van der Waals surface area contributed by atoms with Crippen LogP contribution in [0.25, 0.3) is 10.1 Å². The molecular weight excluding hydrogens is 362 g/mol. The molecule has 3 aromatic rings. The van der Waals surface area contributed by atoms with Crippen molar-refractivity contribution in [3.63, 3.8) is 0 Å². The number of amides is 1. The molecule has 1 N–H and O–H groups in total. The molecule has 0 unspecified atom stereocenters. The highest BCUT2D eigenvalue weighted by atomic mass is 35.5. The Labute approximate surface area is 153 Å². The fourth-order valence-corrected chi connectivity index (χ4v) is 3.90. The number of carbonyl (C=O) groups is 2. The van der Waals surface area contributed by atoms with Crippen molar-refractivity contribution in [3.8, 4) is 0 Å². The maximum atomic E-state index is 12.1. The number of aryl methyl sites for hydroxylation is 2. The zero-order valence-corrected chi connectivity index (χ0v) is 15.3. The van der Waals surface area contributed by atoms with Gasteiger partial charge in [0, 0.05) is 40.6 Å². The smallest absolute Gasteiger partial charge is 0.349 e. The van der Waals surface area contributed by atoms with Gasteiger partial charge < -0.3 is 10.1 Å². The summed E-state index contributed by atoms with van der Waals surface area (Å²) in [6.45, 7) is 2.46. The fraction of sp³-hybridized carbons (Fsp3) is 0.235. The van der Waals surface area contributed by atoms with E-state index in [-0.39, 0.29) is 5.91 Å². The Hall–Kier alpha value is -2.38. The summed E-state index contributed by atoms with van der Waals surface area (Å²) in [5.74, 6) is -0.573. The molecule has 2 heterocycles. The standard InChI is InChI=1S/C17H16ClN3O3S/c1-10-5-7-19-21(10)8-6-14(22)20-11-3-4-12-13(9-11)25-16(15(12)18)17(23)24-2/h3-5,7,9H,6,8H2,1-2H3,(H,20,22). The van der Waals surface area contributed by atoms with Crippen molar-refractivity contribution in [1.82, 2.24) is 9.78 Å². The molecule has 0 radical (unpaired) electrons. The zero-order chi connectivity index (χ0) is 18.0. The van der Waals surface area contributed by atoms with Crippen LogP contribution in [0.4, 0.5) is 5.69 Å². The van der Waals surface area contributed by atoms with Crippen LogP contribution in [0.15, 0.2) is 30.5 Å². The molecule has 0 atom stereocenters. The van der Waals surface area contributed by atoms with Gasteiger partial charge in [-0.05, 0) is 31.2 Å². The van der Waals surface area contributed by atoms with Crippen LogP contribution in [-0.2, 0) is 16.1 Å². The number of esters is 1. The molecule has 0 aliphatic rings. The summed E-state index contributed by atoms with van der Waals surface area (Å²) in [6.07, 6.45) is 2.03. The van der Waals surface area contributed by atoms with Crippen LogP contribution in [-0.4, -0.2) is 28.8 Å². The molecule has 25 heavy (non-hydrogen) atoms. The molecule has 1 aromatic carbocycles. The normalized spacial score (nSPS) is 10.8. The van der Waals surface area contributed by atoms with Gasteiger partial charge in [0.1, 0.15) is 4.88 Å². The van der Waals surface area contributed by atoms with E-state index in [0.717, 1.165) is 15.8 Å². The van der Waals surface area contributed by atoms with Crippen molar-refractivity contribution in [3.05, 3.63) is 46.1 Å². The van der Waals surface area contributed by atoms with E-state index >= 15 is 0 Å². The van der Waals surface area contributed by atoms with E-state index in [0.29, 0.717) is 28.6 Å². The summed E-state index contributed by atoms with van der Waals surface area (Å²) in [4.78, 5) is 24.2. The van der Waals surface area contributed by atoms with E-state index in [1.165, 1.54) is 18.4 Å². The topological polar surface area (TPSA) is 73.2 Å². The number of hydrogen-bond acceptors (Lipinski definition) is 5. The Balaban J connectivity index is 1.72. The third-order valence-corrected chi connectivity index (χ3v) is 5.40. The molecule has 3 rings (SSSR count). The van der Waals surface area contributed by atoms with Gasteiger partial charge >= 0.3 is 5.97 Å². The third-order valence-electron chi connectivity index (χ3n) is 3.76. The second kappa shape index (κ2) is 7.25. The first kappa shape index (κ1) is 17.4. The lowest BCUT2D eigenvalue weighted by Crippen LogP contribution is -2.15. The van der Waals surface area contributed by atoms with Gasteiger partial charge in [-0.15, -0.1) is 11.3 Å².